The summed E-state index contributed by atoms with van der Waals surface area (Å²) in [5, 5.41) is 8.95. The predicted molar refractivity (Wildman–Crippen MR) is 50.0 cm³/mol. The van der Waals surface area contributed by atoms with E-state index in [1.165, 1.54) is 0 Å². The van der Waals surface area contributed by atoms with Crippen LogP contribution in [-0.2, 0) is 0 Å². The molecule has 0 atom stereocenters. The molecule has 0 saturated heterocycles. The smallest absolute Gasteiger partial charge is 0.102 e. The molecule has 12 heavy (non-hydrogen) atoms. The van der Waals surface area contributed by atoms with Gasteiger partial charge in [0.1, 0.15) is 6.07 Å². The average Bonchev–Trinajstić information content (AvgIpc) is 2.02. The molecule has 1 aromatic rings. The van der Waals surface area contributed by atoms with Crippen LogP contribution in [0.25, 0.3) is 0 Å². The van der Waals surface area contributed by atoms with E-state index in [0.717, 1.165) is 0 Å². The Labute approximate surface area is 89.4 Å². The maximum absolute atomic E-state index is 8.60. The van der Waals surface area contributed by atoms with Crippen molar-refractivity contribution in [1.29, 1.82) is 5.26 Å². The topological polar surface area (TPSA) is 23.8 Å². The standard InChI is InChI=1S/C7Cl4N/c8-4-1-5(9)7(11)3(2-12)6(4)10. The number of hydrogen-bond donors (Lipinski definition) is 0. The average molecular weight is 240 g/mol. The van der Waals surface area contributed by atoms with E-state index in [2.05, 4.69) is 6.07 Å². The van der Waals surface area contributed by atoms with E-state index in [1.54, 1.807) is 6.07 Å². The number of halogens is 4. The van der Waals surface area contributed by atoms with Crippen LogP contribution in [0.5, 0.6) is 0 Å². The van der Waals surface area contributed by atoms with E-state index in [4.69, 9.17) is 51.7 Å². The second-order valence-electron chi connectivity index (χ2n) is 1.87. The van der Waals surface area contributed by atoms with Gasteiger partial charge in [0.2, 0.25) is 0 Å². The molecule has 0 fully saturated rings. The summed E-state index contributed by atoms with van der Waals surface area (Å²) < 4.78 is 0. The Bertz CT molecular complexity index is 340. The maximum Gasteiger partial charge on any atom is 0.102 e. The molecule has 61 valence electrons. The van der Waals surface area contributed by atoms with Crippen LogP contribution in [0.2, 0.25) is 20.1 Å². The molecule has 0 unspecified atom stereocenters. The number of hydrogen-bond acceptors (Lipinski definition) is 1. The van der Waals surface area contributed by atoms with Gasteiger partial charge < -0.3 is 0 Å². The lowest BCUT2D eigenvalue weighted by molar-refractivity contribution is 1.48. The molecular formula is C7Cl4N. The van der Waals surface area contributed by atoms with Crippen molar-refractivity contribution < 1.29 is 0 Å². The van der Waals surface area contributed by atoms with Crippen LogP contribution in [-0.4, -0.2) is 0 Å². The van der Waals surface area contributed by atoms with E-state index in [9.17, 15) is 0 Å². The van der Waals surface area contributed by atoms with Gasteiger partial charge in [-0.3, -0.25) is 0 Å². The van der Waals surface area contributed by atoms with Gasteiger partial charge in [-0.1, -0.05) is 46.4 Å². The number of nitriles is 1. The van der Waals surface area contributed by atoms with Crippen molar-refractivity contribution in [2.24, 2.45) is 0 Å². The van der Waals surface area contributed by atoms with Crippen molar-refractivity contribution in [3.63, 3.8) is 0 Å². The molecule has 0 aromatic heterocycles. The third-order valence-electron chi connectivity index (χ3n) is 1.16. The molecule has 5 heteroatoms. The molecule has 1 rings (SSSR count). The normalized spacial score (nSPS) is 9.58. The van der Waals surface area contributed by atoms with Gasteiger partial charge in [-0.2, -0.15) is 5.26 Å². The van der Waals surface area contributed by atoms with Crippen LogP contribution in [0.1, 0.15) is 5.56 Å². The van der Waals surface area contributed by atoms with E-state index < -0.39 is 0 Å². The van der Waals surface area contributed by atoms with Gasteiger partial charge in [-0.05, 0) is 0 Å². The fourth-order valence-corrected chi connectivity index (χ4v) is 1.46. The third-order valence-corrected chi connectivity index (χ3v) is 2.67. The minimum absolute atomic E-state index is 0.0760. The summed E-state index contributed by atoms with van der Waals surface area (Å²) in [5.74, 6) is 0. The zero-order valence-electron chi connectivity index (χ0n) is 5.46. The molecule has 0 saturated carbocycles. The van der Waals surface area contributed by atoms with Crippen LogP contribution in [0.4, 0.5) is 0 Å². The Morgan fingerprint density at radius 1 is 1.00 bits per heavy atom. The molecule has 1 aromatic carbocycles. The highest BCUT2D eigenvalue weighted by Gasteiger charge is 2.13. The molecule has 0 spiro atoms. The first-order chi connectivity index (χ1) is 5.57. The third kappa shape index (κ3) is 1.62. The van der Waals surface area contributed by atoms with Gasteiger partial charge in [0.25, 0.3) is 0 Å². The molecule has 0 heterocycles. The summed E-state index contributed by atoms with van der Waals surface area (Å²) in [6.07, 6.45) is 0. The second kappa shape index (κ2) is 3.72. The predicted octanol–water partition coefficient (Wildman–Crippen LogP) is 3.97. The van der Waals surface area contributed by atoms with Crippen molar-refractivity contribution >= 4 is 46.4 Å². The van der Waals surface area contributed by atoms with Crippen LogP contribution < -0.4 is 0 Å². The Hall–Kier alpha value is -0.130. The fourth-order valence-electron chi connectivity index (χ4n) is 0.620. The summed E-state index contributed by atoms with van der Waals surface area (Å²) in [6, 6.07) is 4.29. The number of nitrogens with zero attached hydrogens (tertiary/aromatic N) is 1. The first-order valence-corrected chi connectivity index (χ1v) is 4.24. The van der Waals surface area contributed by atoms with Crippen LogP contribution >= 0.6 is 46.4 Å². The monoisotopic (exact) mass is 238 g/mol. The van der Waals surface area contributed by atoms with E-state index in [-0.39, 0.29) is 25.7 Å². The molecule has 0 bridgehead atoms. The molecule has 1 nitrogen and oxygen atoms in total. The van der Waals surface area contributed by atoms with E-state index in [0.29, 0.717) is 0 Å². The van der Waals surface area contributed by atoms with E-state index >= 15 is 0 Å². The van der Waals surface area contributed by atoms with Crippen LogP contribution in [0.3, 0.4) is 0 Å². The summed E-state index contributed by atoms with van der Waals surface area (Å²) in [5.41, 5.74) is 0.0760. The first kappa shape index (κ1) is 9.95. The first-order valence-electron chi connectivity index (χ1n) is 2.73. The number of rotatable bonds is 0. The van der Waals surface area contributed by atoms with Gasteiger partial charge in [-0.15, -0.1) is 0 Å². The second-order valence-corrected chi connectivity index (χ2v) is 3.38. The zero-order valence-corrected chi connectivity index (χ0v) is 8.48. The highest BCUT2D eigenvalue weighted by atomic mass is 35.5. The molecule has 0 N–H and O–H groups in total. The maximum atomic E-state index is 8.60. The van der Waals surface area contributed by atoms with Gasteiger partial charge >= 0.3 is 0 Å². The number of benzene rings is 1. The molecule has 0 aliphatic carbocycles. The Morgan fingerprint density at radius 3 is 1.75 bits per heavy atom. The van der Waals surface area contributed by atoms with Gasteiger partial charge in [0.05, 0.1) is 25.7 Å². The Kier molecular flexibility index (Phi) is 3.09. The minimum atomic E-state index is 0.0760. The summed E-state index contributed by atoms with van der Waals surface area (Å²) in [4.78, 5) is 0. The summed E-state index contributed by atoms with van der Waals surface area (Å²) >= 11 is 22.5. The molecule has 1 radical (unpaired) electrons. The van der Waals surface area contributed by atoms with Crippen molar-refractivity contribution in [2.45, 2.75) is 0 Å². The highest BCUT2D eigenvalue weighted by molar-refractivity contribution is 6.48. The Morgan fingerprint density at radius 2 is 1.42 bits per heavy atom. The lowest BCUT2D eigenvalue weighted by Gasteiger charge is -2.01. The van der Waals surface area contributed by atoms with Crippen molar-refractivity contribution in [3.05, 3.63) is 31.7 Å². The van der Waals surface area contributed by atoms with Crippen molar-refractivity contribution in [2.75, 3.05) is 0 Å². The van der Waals surface area contributed by atoms with Crippen molar-refractivity contribution in [3.8, 4) is 6.07 Å². The summed E-state index contributed by atoms with van der Waals surface area (Å²) in [7, 11) is 0. The van der Waals surface area contributed by atoms with E-state index in [1.807, 2.05) is 0 Å². The van der Waals surface area contributed by atoms with Crippen LogP contribution in [0.15, 0.2) is 0 Å². The van der Waals surface area contributed by atoms with Crippen LogP contribution in [0, 0.1) is 17.4 Å². The molecule has 0 amide bonds. The largest absolute Gasteiger partial charge is 0.192 e. The van der Waals surface area contributed by atoms with Gasteiger partial charge in [0.15, 0.2) is 0 Å². The molecule has 0 aliphatic heterocycles. The SMILES string of the molecule is N#Cc1c(Cl)c(Cl)[c]c(Cl)c1Cl. The quantitative estimate of drug-likeness (QED) is 0.629. The van der Waals surface area contributed by atoms with Gasteiger partial charge in [-0.25, -0.2) is 0 Å². The fraction of sp³-hybridized carbons (Fsp3) is 0. The molecule has 0 aliphatic rings. The Balaban J connectivity index is 3.56. The minimum Gasteiger partial charge on any atom is -0.192 e. The lowest BCUT2D eigenvalue weighted by atomic mass is 10.2. The van der Waals surface area contributed by atoms with Crippen molar-refractivity contribution in [1.82, 2.24) is 0 Å². The van der Waals surface area contributed by atoms with Gasteiger partial charge in [0, 0.05) is 6.07 Å². The lowest BCUT2D eigenvalue weighted by Crippen LogP contribution is -1.82. The molecular weight excluding hydrogens is 240 g/mol. The zero-order chi connectivity index (χ0) is 9.30. The highest BCUT2D eigenvalue weighted by Crippen LogP contribution is 2.35. The summed E-state index contributed by atoms with van der Waals surface area (Å²) in [6.45, 7) is 0.